The summed E-state index contributed by atoms with van der Waals surface area (Å²) >= 11 is 0. The van der Waals surface area contributed by atoms with Crippen LogP contribution in [0.1, 0.15) is 71.6 Å². The number of amides is 1. The molecule has 2 rings (SSSR count). The van der Waals surface area contributed by atoms with Crippen molar-refractivity contribution in [2.45, 2.75) is 77.7 Å². The molecule has 0 heterocycles. The molecule has 1 amide bonds. The lowest BCUT2D eigenvalue weighted by atomic mass is 9.75. The summed E-state index contributed by atoms with van der Waals surface area (Å²) in [4.78, 5) is 24.0. The molecule has 2 aliphatic carbocycles. The van der Waals surface area contributed by atoms with E-state index in [4.69, 9.17) is 10.5 Å². The smallest absolute Gasteiger partial charge is 0.310 e. The number of hydrogen-bond acceptors (Lipinski definition) is 3. The summed E-state index contributed by atoms with van der Waals surface area (Å²) in [6.45, 7) is 4.50. The third kappa shape index (κ3) is 4.99. The van der Waals surface area contributed by atoms with Gasteiger partial charge in [0.15, 0.2) is 0 Å². The van der Waals surface area contributed by atoms with Gasteiger partial charge in [-0.2, -0.15) is 0 Å². The van der Waals surface area contributed by atoms with E-state index in [0.29, 0.717) is 0 Å². The minimum atomic E-state index is -0.391. The van der Waals surface area contributed by atoms with Crippen LogP contribution in [0.25, 0.3) is 0 Å². The first-order valence-electron chi connectivity index (χ1n) is 8.94. The van der Waals surface area contributed by atoms with Gasteiger partial charge in [-0.05, 0) is 56.3 Å². The molecular formula is C18H31NO3. The fraction of sp³-hybridized carbons (Fsp3) is 0.889. The maximum atomic E-state index is 12.6. The zero-order chi connectivity index (χ0) is 16.1. The number of primary amides is 1. The van der Waals surface area contributed by atoms with Crippen LogP contribution in [0, 0.1) is 23.7 Å². The Morgan fingerprint density at radius 2 is 1.45 bits per heavy atom. The Hall–Kier alpha value is -1.06. The number of carbonyl (C=O) groups is 2. The Labute approximate surface area is 134 Å². The Kier molecular flexibility index (Phi) is 6.27. The molecule has 4 nitrogen and oxygen atoms in total. The molecule has 2 N–H and O–H groups in total. The molecule has 4 heteroatoms. The maximum absolute atomic E-state index is 12.6. The Morgan fingerprint density at radius 3 is 1.95 bits per heavy atom. The van der Waals surface area contributed by atoms with E-state index in [1.165, 1.54) is 0 Å². The number of rotatable bonds is 5. The van der Waals surface area contributed by atoms with Crippen molar-refractivity contribution in [3.8, 4) is 0 Å². The second kappa shape index (κ2) is 7.98. The van der Waals surface area contributed by atoms with Crippen LogP contribution in [0.2, 0.25) is 0 Å². The van der Waals surface area contributed by atoms with Crippen molar-refractivity contribution in [1.29, 1.82) is 0 Å². The summed E-state index contributed by atoms with van der Waals surface area (Å²) in [5.74, 6) is 0.816. The quantitative estimate of drug-likeness (QED) is 0.791. The molecule has 0 spiro atoms. The van der Waals surface area contributed by atoms with Crippen molar-refractivity contribution in [3.05, 3.63) is 0 Å². The molecule has 0 aromatic heterocycles. The molecule has 0 aromatic carbocycles. The van der Waals surface area contributed by atoms with E-state index in [1.54, 1.807) is 0 Å². The van der Waals surface area contributed by atoms with Gasteiger partial charge >= 0.3 is 5.97 Å². The normalized spacial score (nSPS) is 33.9. The van der Waals surface area contributed by atoms with Gasteiger partial charge in [-0.3, -0.25) is 9.59 Å². The lowest BCUT2D eigenvalue weighted by molar-refractivity contribution is -0.160. The number of carbonyl (C=O) groups excluding carboxylic acids is 2. The van der Waals surface area contributed by atoms with Crippen molar-refractivity contribution < 1.29 is 14.3 Å². The molecule has 0 aliphatic heterocycles. The minimum Gasteiger partial charge on any atom is -0.462 e. The second-order valence-electron chi connectivity index (χ2n) is 7.62. The molecule has 1 atom stereocenters. The van der Waals surface area contributed by atoms with Crippen molar-refractivity contribution in [2.24, 2.45) is 29.4 Å². The Morgan fingerprint density at radius 1 is 0.955 bits per heavy atom. The van der Waals surface area contributed by atoms with Gasteiger partial charge in [-0.25, -0.2) is 0 Å². The highest BCUT2D eigenvalue weighted by molar-refractivity contribution is 5.82. The molecule has 2 fully saturated rings. The highest BCUT2D eigenvalue weighted by Crippen LogP contribution is 2.36. The van der Waals surface area contributed by atoms with E-state index in [-0.39, 0.29) is 30.3 Å². The molecule has 1 unspecified atom stereocenters. The lowest BCUT2D eigenvalue weighted by Crippen LogP contribution is -2.35. The zero-order valence-electron chi connectivity index (χ0n) is 14.1. The second-order valence-corrected chi connectivity index (χ2v) is 7.62. The van der Waals surface area contributed by atoms with Crippen molar-refractivity contribution >= 4 is 11.9 Å². The first-order chi connectivity index (χ1) is 10.5. The number of ether oxygens (including phenoxy) is 1. The summed E-state index contributed by atoms with van der Waals surface area (Å²) in [5.41, 5.74) is 5.37. The van der Waals surface area contributed by atoms with E-state index in [1.807, 2.05) is 0 Å². The minimum absolute atomic E-state index is 0.0431. The summed E-state index contributed by atoms with van der Waals surface area (Å²) in [6.07, 6.45) is 8.63. The predicted octanol–water partition coefficient (Wildman–Crippen LogP) is 3.43. The molecular weight excluding hydrogens is 278 g/mol. The van der Waals surface area contributed by atoms with Gasteiger partial charge in [0.1, 0.15) is 6.10 Å². The van der Waals surface area contributed by atoms with Crippen LogP contribution in [-0.4, -0.2) is 18.0 Å². The Balaban J connectivity index is 1.92. The van der Waals surface area contributed by atoms with E-state index in [0.717, 1.165) is 63.2 Å². The van der Waals surface area contributed by atoms with E-state index in [2.05, 4.69) is 13.8 Å². The zero-order valence-corrected chi connectivity index (χ0v) is 14.1. The van der Waals surface area contributed by atoms with Gasteiger partial charge < -0.3 is 10.5 Å². The number of nitrogens with two attached hydrogens (primary N) is 1. The number of hydrogen-bond donors (Lipinski definition) is 1. The molecule has 22 heavy (non-hydrogen) atoms. The van der Waals surface area contributed by atoms with E-state index >= 15 is 0 Å². The fourth-order valence-electron chi connectivity index (χ4n) is 3.95. The van der Waals surface area contributed by atoms with Gasteiger partial charge in [0.2, 0.25) is 5.91 Å². The van der Waals surface area contributed by atoms with Gasteiger partial charge in [0.05, 0.1) is 5.92 Å². The van der Waals surface area contributed by atoms with Crippen LogP contribution in [0.3, 0.4) is 0 Å². The lowest BCUT2D eigenvalue weighted by Gasteiger charge is -2.33. The van der Waals surface area contributed by atoms with Crippen LogP contribution >= 0.6 is 0 Å². The van der Waals surface area contributed by atoms with Crippen molar-refractivity contribution in [1.82, 2.24) is 0 Å². The summed E-state index contributed by atoms with van der Waals surface area (Å²) < 4.78 is 5.74. The SMILES string of the molecule is CC1CCC(OC(=O)C(CC(N)=O)C2CCC(C)CC2)CC1. The summed E-state index contributed by atoms with van der Waals surface area (Å²) in [7, 11) is 0. The van der Waals surface area contributed by atoms with Crippen molar-refractivity contribution in [2.75, 3.05) is 0 Å². The average Bonchev–Trinajstić information content (AvgIpc) is 2.48. The average molecular weight is 309 g/mol. The van der Waals surface area contributed by atoms with Gasteiger partial charge in [0.25, 0.3) is 0 Å². The highest BCUT2D eigenvalue weighted by Gasteiger charge is 2.35. The number of esters is 1. The topological polar surface area (TPSA) is 69.4 Å². The molecule has 0 saturated heterocycles. The Bertz CT molecular complexity index is 380. The standard InChI is InChI=1S/C18H31NO3/c1-12-3-7-14(8-4-12)16(11-17(19)20)18(21)22-15-9-5-13(2)6-10-15/h12-16H,3-11H2,1-2H3,(H2,19,20). The van der Waals surface area contributed by atoms with Crippen LogP contribution in [-0.2, 0) is 14.3 Å². The third-order valence-corrected chi connectivity index (χ3v) is 5.60. The van der Waals surface area contributed by atoms with Crippen molar-refractivity contribution in [3.63, 3.8) is 0 Å². The van der Waals surface area contributed by atoms with Crippen LogP contribution in [0.15, 0.2) is 0 Å². The molecule has 126 valence electrons. The first kappa shape index (κ1) is 17.3. The largest absolute Gasteiger partial charge is 0.462 e. The van der Waals surface area contributed by atoms with Gasteiger partial charge in [-0.15, -0.1) is 0 Å². The van der Waals surface area contributed by atoms with Crippen LogP contribution in [0.5, 0.6) is 0 Å². The van der Waals surface area contributed by atoms with Crippen LogP contribution < -0.4 is 5.73 Å². The monoisotopic (exact) mass is 309 g/mol. The molecule has 0 aromatic rings. The molecule has 0 radical (unpaired) electrons. The fourth-order valence-corrected chi connectivity index (χ4v) is 3.95. The summed E-state index contributed by atoms with van der Waals surface area (Å²) in [5, 5.41) is 0. The maximum Gasteiger partial charge on any atom is 0.310 e. The summed E-state index contributed by atoms with van der Waals surface area (Å²) in [6, 6.07) is 0. The van der Waals surface area contributed by atoms with Crippen LogP contribution in [0.4, 0.5) is 0 Å². The molecule has 0 bridgehead atoms. The van der Waals surface area contributed by atoms with E-state index < -0.39 is 5.91 Å². The van der Waals surface area contributed by atoms with E-state index in [9.17, 15) is 9.59 Å². The third-order valence-electron chi connectivity index (χ3n) is 5.60. The predicted molar refractivity (Wildman–Crippen MR) is 85.9 cm³/mol. The molecule has 2 aliphatic rings. The molecule has 2 saturated carbocycles. The highest BCUT2D eigenvalue weighted by atomic mass is 16.5. The van der Waals surface area contributed by atoms with Gasteiger partial charge in [-0.1, -0.05) is 26.7 Å². The first-order valence-corrected chi connectivity index (χ1v) is 8.94. The van der Waals surface area contributed by atoms with Gasteiger partial charge in [0, 0.05) is 6.42 Å².